The van der Waals surface area contributed by atoms with Gasteiger partial charge in [0, 0.05) is 16.7 Å². The zero-order valence-corrected chi connectivity index (χ0v) is 11.0. The van der Waals surface area contributed by atoms with Crippen molar-refractivity contribution in [2.24, 2.45) is 0 Å². The van der Waals surface area contributed by atoms with Gasteiger partial charge < -0.3 is 15.2 Å². The molecule has 0 heterocycles. The van der Waals surface area contributed by atoms with E-state index in [1.54, 1.807) is 6.07 Å². The van der Waals surface area contributed by atoms with Gasteiger partial charge in [-0.2, -0.15) is 13.2 Å². The lowest BCUT2D eigenvalue weighted by Gasteiger charge is -2.12. The van der Waals surface area contributed by atoms with Crippen LogP contribution in [0.5, 0.6) is 0 Å². The van der Waals surface area contributed by atoms with E-state index in [-0.39, 0.29) is 17.7 Å². The van der Waals surface area contributed by atoms with Gasteiger partial charge in [-0.3, -0.25) is 0 Å². The van der Waals surface area contributed by atoms with Gasteiger partial charge in [0.05, 0.1) is 25.4 Å². The van der Waals surface area contributed by atoms with E-state index in [4.69, 9.17) is 9.84 Å². The van der Waals surface area contributed by atoms with Gasteiger partial charge in [0.1, 0.15) is 0 Å². The van der Waals surface area contributed by atoms with Gasteiger partial charge in [-0.25, -0.2) is 0 Å². The third-order valence-electron chi connectivity index (χ3n) is 2.08. The Morgan fingerprint density at radius 3 is 2.61 bits per heavy atom. The number of aliphatic hydroxyl groups excluding tert-OH is 1. The highest BCUT2D eigenvalue weighted by atomic mass is 79.9. The lowest BCUT2D eigenvalue weighted by atomic mass is 10.2. The van der Waals surface area contributed by atoms with Crippen LogP contribution in [0.4, 0.5) is 18.9 Å². The van der Waals surface area contributed by atoms with Crippen molar-refractivity contribution in [3.63, 3.8) is 0 Å². The molecule has 0 amide bonds. The van der Waals surface area contributed by atoms with E-state index in [1.807, 2.05) is 0 Å². The van der Waals surface area contributed by atoms with Crippen LogP contribution in [-0.2, 0) is 10.9 Å². The molecule has 0 saturated carbocycles. The molecule has 3 nitrogen and oxygen atoms in total. The first-order valence-electron chi connectivity index (χ1n) is 5.24. The Labute approximate surface area is 111 Å². The van der Waals surface area contributed by atoms with Crippen LogP contribution in [0.2, 0.25) is 0 Å². The van der Waals surface area contributed by atoms with Gasteiger partial charge in [-0.15, -0.1) is 0 Å². The molecule has 0 unspecified atom stereocenters. The molecule has 0 aliphatic heterocycles. The normalized spacial score (nSPS) is 11.6. The fraction of sp³-hybridized carbons (Fsp3) is 0.455. The van der Waals surface area contributed by atoms with Crippen molar-refractivity contribution in [3.05, 3.63) is 28.2 Å². The van der Waals surface area contributed by atoms with E-state index in [2.05, 4.69) is 21.2 Å². The largest absolute Gasteiger partial charge is 0.417 e. The maximum Gasteiger partial charge on any atom is 0.417 e. The number of nitrogens with one attached hydrogen (secondary N) is 1. The highest BCUT2D eigenvalue weighted by Gasteiger charge is 2.33. The standard InChI is InChI=1S/C11H13BrF3NO2/c12-10-2-1-8(7-9(10)11(13,14)15)16-3-5-18-6-4-17/h1-2,7,16-17H,3-6H2. The van der Waals surface area contributed by atoms with Crippen LogP contribution in [0.15, 0.2) is 22.7 Å². The molecule has 0 spiro atoms. The molecule has 0 aliphatic rings. The molecule has 0 atom stereocenters. The fourth-order valence-corrected chi connectivity index (χ4v) is 1.76. The van der Waals surface area contributed by atoms with Crippen molar-refractivity contribution < 1.29 is 23.0 Å². The lowest BCUT2D eigenvalue weighted by Crippen LogP contribution is -2.12. The van der Waals surface area contributed by atoms with E-state index in [0.29, 0.717) is 18.8 Å². The molecule has 0 bridgehead atoms. The summed E-state index contributed by atoms with van der Waals surface area (Å²) in [7, 11) is 0. The third-order valence-corrected chi connectivity index (χ3v) is 2.77. The Kier molecular flexibility index (Phi) is 5.90. The first kappa shape index (κ1) is 15.3. The maximum atomic E-state index is 12.6. The number of halogens is 4. The van der Waals surface area contributed by atoms with Crippen LogP contribution in [-0.4, -0.2) is 31.5 Å². The molecule has 1 rings (SSSR count). The monoisotopic (exact) mass is 327 g/mol. The predicted molar refractivity (Wildman–Crippen MR) is 65.5 cm³/mol. The zero-order chi connectivity index (χ0) is 13.6. The SMILES string of the molecule is OCCOCCNc1ccc(Br)c(C(F)(F)F)c1. The summed E-state index contributed by atoms with van der Waals surface area (Å²) in [6, 6.07) is 3.93. The van der Waals surface area contributed by atoms with Gasteiger partial charge in [0.15, 0.2) is 0 Å². The van der Waals surface area contributed by atoms with Crippen molar-refractivity contribution in [1.29, 1.82) is 0 Å². The number of hydrogen-bond acceptors (Lipinski definition) is 3. The Bertz CT molecular complexity index is 385. The minimum absolute atomic E-state index is 0.0112. The Balaban J connectivity index is 2.57. The van der Waals surface area contributed by atoms with Gasteiger partial charge in [-0.1, -0.05) is 15.9 Å². The van der Waals surface area contributed by atoms with Gasteiger partial charge >= 0.3 is 6.18 Å². The molecule has 1 aromatic carbocycles. The number of ether oxygens (including phenoxy) is 1. The van der Waals surface area contributed by atoms with Crippen molar-refractivity contribution >= 4 is 21.6 Å². The smallest absolute Gasteiger partial charge is 0.394 e. The summed E-state index contributed by atoms with van der Waals surface area (Å²) in [5.41, 5.74) is -0.345. The van der Waals surface area contributed by atoms with Crippen molar-refractivity contribution in [2.75, 3.05) is 31.7 Å². The summed E-state index contributed by atoms with van der Waals surface area (Å²) in [4.78, 5) is 0. The van der Waals surface area contributed by atoms with E-state index in [1.165, 1.54) is 6.07 Å². The number of rotatable bonds is 6. The maximum absolute atomic E-state index is 12.6. The first-order valence-corrected chi connectivity index (χ1v) is 6.03. The van der Waals surface area contributed by atoms with Crippen molar-refractivity contribution in [1.82, 2.24) is 0 Å². The zero-order valence-electron chi connectivity index (χ0n) is 9.43. The lowest BCUT2D eigenvalue weighted by molar-refractivity contribution is -0.138. The van der Waals surface area contributed by atoms with Gasteiger partial charge in [-0.05, 0) is 18.2 Å². The summed E-state index contributed by atoms with van der Waals surface area (Å²) in [6.07, 6.45) is -4.39. The van der Waals surface area contributed by atoms with Crippen LogP contribution in [0, 0.1) is 0 Å². The Morgan fingerprint density at radius 1 is 1.28 bits per heavy atom. The summed E-state index contributed by atoms with van der Waals surface area (Å²) in [5.74, 6) is 0. The molecule has 18 heavy (non-hydrogen) atoms. The summed E-state index contributed by atoms with van der Waals surface area (Å²) in [5, 5.41) is 11.3. The van der Waals surface area contributed by atoms with E-state index < -0.39 is 11.7 Å². The highest BCUT2D eigenvalue weighted by molar-refractivity contribution is 9.10. The number of benzene rings is 1. The molecule has 0 fully saturated rings. The summed E-state index contributed by atoms with van der Waals surface area (Å²) >= 11 is 2.87. The van der Waals surface area contributed by atoms with Crippen molar-refractivity contribution in [2.45, 2.75) is 6.18 Å². The predicted octanol–water partition coefficient (Wildman–Crippen LogP) is 2.89. The molecule has 0 aromatic heterocycles. The second kappa shape index (κ2) is 6.96. The average Bonchev–Trinajstić information content (AvgIpc) is 2.29. The van der Waals surface area contributed by atoms with Crippen LogP contribution in [0.25, 0.3) is 0 Å². The van der Waals surface area contributed by atoms with Crippen LogP contribution in [0.1, 0.15) is 5.56 Å². The van der Waals surface area contributed by atoms with E-state index in [9.17, 15) is 13.2 Å². The second-order valence-corrected chi connectivity index (χ2v) is 4.31. The molecule has 1 aromatic rings. The summed E-state index contributed by atoms with van der Waals surface area (Å²) in [6.45, 7) is 0.837. The minimum atomic E-state index is -4.39. The molecule has 102 valence electrons. The average molecular weight is 328 g/mol. The molecular formula is C11H13BrF3NO2. The van der Waals surface area contributed by atoms with Gasteiger partial charge in [0.25, 0.3) is 0 Å². The highest BCUT2D eigenvalue weighted by Crippen LogP contribution is 2.36. The minimum Gasteiger partial charge on any atom is -0.394 e. The van der Waals surface area contributed by atoms with E-state index >= 15 is 0 Å². The van der Waals surface area contributed by atoms with Crippen LogP contribution in [0.3, 0.4) is 0 Å². The van der Waals surface area contributed by atoms with Crippen LogP contribution < -0.4 is 5.32 Å². The van der Waals surface area contributed by atoms with Gasteiger partial charge in [0.2, 0.25) is 0 Å². The van der Waals surface area contributed by atoms with Crippen molar-refractivity contribution in [3.8, 4) is 0 Å². The molecule has 7 heteroatoms. The molecule has 0 radical (unpaired) electrons. The number of aliphatic hydroxyl groups is 1. The van der Waals surface area contributed by atoms with Crippen LogP contribution >= 0.6 is 15.9 Å². The third kappa shape index (κ3) is 4.83. The second-order valence-electron chi connectivity index (χ2n) is 3.46. The summed E-state index contributed by atoms with van der Waals surface area (Å²) < 4.78 is 42.8. The molecule has 0 aliphatic carbocycles. The Hall–Kier alpha value is -0.790. The topological polar surface area (TPSA) is 41.5 Å². The molecular weight excluding hydrogens is 315 g/mol. The number of alkyl halides is 3. The first-order chi connectivity index (χ1) is 8.45. The Morgan fingerprint density at radius 2 is 2.00 bits per heavy atom. The van der Waals surface area contributed by atoms with E-state index in [0.717, 1.165) is 6.07 Å². The molecule has 2 N–H and O–H groups in total. The number of hydrogen-bond donors (Lipinski definition) is 2. The quantitative estimate of drug-likeness (QED) is 0.789. The number of anilines is 1. The fourth-order valence-electron chi connectivity index (χ4n) is 1.29. The molecule has 0 saturated heterocycles.